The second-order valence-electron chi connectivity index (χ2n) is 2.48. The van der Waals surface area contributed by atoms with Gasteiger partial charge in [-0.15, -0.1) is 0 Å². The lowest BCUT2D eigenvalue weighted by Gasteiger charge is -2.03. The van der Waals surface area contributed by atoms with Crippen LogP contribution in [-0.4, -0.2) is 0 Å². The van der Waals surface area contributed by atoms with Crippen LogP contribution < -0.4 is 0 Å². The van der Waals surface area contributed by atoms with Gasteiger partial charge in [0.25, 0.3) is 0 Å². The van der Waals surface area contributed by atoms with E-state index in [1.165, 1.54) is 6.07 Å². The summed E-state index contributed by atoms with van der Waals surface area (Å²) in [6.07, 6.45) is 0.324. The minimum Gasteiger partial charge on any atom is -0.206 e. The van der Waals surface area contributed by atoms with E-state index in [-0.39, 0.29) is 5.82 Å². The molecule has 0 fully saturated rings. The standard InChI is InChI=1S/C9H7BrFN/c1-6-7(4-5-12)2-3-8(11)9(6)10/h2-3H,4H2,1H3. The van der Waals surface area contributed by atoms with Crippen LogP contribution in [0.1, 0.15) is 11.1 Å². The summed E-state index contributed by atoms with van der Waals surface area (Å²) in [4.78, 5) is 0. The summed E-state index contributed by atoms with van der Waals surface area (Å²) in [5.74, 6) is -0.283. The second kappa shape index (κ2) is 3.68. The van der Waals surface area contributed by atoms with E-state index < -0.39 is 0 Å². The molecule has 0 atom stereocenters. The number of halogens is 2. The van der Waals surface area contributed by atoms with Crippen molar-refractivity contribution in [3.63, 3.8) is 0 Å². The average Bonchev–Trinajstić information content (AvgIpc) is 2.07. The Morgan fingerprint density at radius 1 is 1.58 bits per heavy atom. The van der Waals surface area contributed by atoms with Gasteiger partial charge in [-0.1, -0.05) is 6.07 Å². The molecule has 3 heteroatoms. The van der Waals surface area contributed by atoms with Crippen molar-refractivity contribution in [1.82, 2.24) is 0 Å². The zero-order valence-corrected chi connectivity index (χ0v) is 8.15. The Hall–Kier alpha value is -0.880. The maximum Gasteiger partial charge on any atom is 0.137 e. The highest BCUT2D eigenvalue weighted by molar-refractivity contribution is 9.10. The van der Waals surface area contributed by atoms with Crippen molar-refractivity contribution in [2.24, 2.45) is 0 Å². The highest BCUT2D eigenvalue weighted by atomic mass is 79.9. The zero-order chi connectivity index (χ0) is 9.14. The molecule has 1 aromatic carbocycles. The van der Waals surface area contributed by atoms with Gasteiger partial charge in [0.05, 0.1) is 17.0 Å². The first kappa shape index (κ1) is 9.21. The number of rotatable bonds is 1. The van der Waals surface area contributed by atoms with Gasteiger partial charge in [0.1, 0.15) is 5.82 Å². The van der Waals surface area contributed by atoms with Crippen LogP contribution in [0, 0.1) is 24.1 Å². The fourth-order valence-corrected chi connectivity index (χ4v) is 1.36. The van der Waals surface area contributed by atoms with Crippen LogP contribution in [0.15, 0.2) is 16.6 Å². The van der Waals surface area contributed by atoms with Gasteiger partial charge in [-0.2, -0.15) is 5.26 Å². The molecule has 0 radical (unpaired) electrons. The molecule has 0 unspecified atom stereocenters. The van der Waals surface area contributed by atoms with E-state index in [2.05, 4.69) is 15.9 Å². The molecule has 0 aliphatic rings. The summed E-state index contributed by atoms with van der Waals surface area (Å²) >= 11 is 3.12. The monoisotopic (exact) mass is 227 g/mol. The third kappa shape index (κ3) is 1.64. The SMILES string of the molecule is Cc1c(CC#N)ccc(F)c1Br. The second-order valence-corrected chi connectivity index (χ2v) is 3.27. The van der Waals surface area contributed by atoms with Crippen LogP contribution in [0.25, 0.3) is 0 Å². The zero-order valence-electron chi connectivity index (χ0n) is 6.56. The first-order valence-electron chi connectivity index (χ1n) is 3.47. The van der Waals surface area contributed by atoms with Gasteiger partial charge in [0.15, 0.2) is 0 Å². The van der Waals surface area contributed by atoms with E-state index in [1.807, 2.05) is 6.07 Å². The summed E-state index contributed by atoms with van der Waals surface area (Å²) in [6, 6.07) is 5.03. The van der Waals surface area contributed by atoms with Gasteiger partial charge in [0, 0.05) is 0 Å². The van der Waals surface area contributed by atoms with Gasteiger partial charge < -0.3 is 0 Å². The first-order chi connectivity index (χ1) is 5.66. The lowest BCUT2D eigenvalue weighted by Crippen LogP contribution is -1.91. The molecule has 0 aromatic heterocycles. The molecule has 12 heavy (non-hydrogen) atoms. The highest BCUT2D eigenvalue weighted by Gasteiger charge is 2.06. The Morgan fingerprint density at radius 3 is 2.83 bits per heavy atom. The summed E-state index contributed by atoms with van der Waals surface area (Å²) in [6.45, 7) is 1.79. The molecule has 0 aliphatic carbocycles. The first-order valence-corrected chi connectivity index (χ1v) is 4.26. The van der Waals surface area contributed by atoms with Crippen LogP contribution >= 0.6 is 15.9 Å². The molecule has 0 saturated heterocycles. The Kier molecular flexibility index (Phi) is 2.83. The predicted molar refractivity (Wildman–Crippen MR) is 48.2 cm³/mol. The summed E-state index contributed by atoms with van der Waals surface area (Å²) in [7, 11) is 0. The van der Waals surface area contributed by atoms with Crippen molar-refractivity contribution >= 4 is 15.9 Å². The molecule has 0 bridgehead atoms. The van der Waals surface area contributed by atoms with Crippen LogP contribution in [0.4, 0.5) is 4.39 Å². The van der Waals surface area contributed by atoms with Crippen molar-refractivity contribution in [3.8, 4) is 6.07 Å². The molecule has 0 saturated carbocycles. The van der Waals surface area contributed by atoms with Crippen molar-refractivity contribution in [3.05, 3.63) is 33.5 Å². The Labute approximate surface area is 79.0 Å². The quantitative estimate of drug-likeness (QED) is 0.724. The Bertz CT molecular complexity index is 341. The maximum absolute atomic E-state index is 12.9. The minimum atomic E-state index is -0.283. The summed E-state index contributed by atoms with van der Waals surface area (Å²) < 4.78 is 13.3. The molecule has 1 nitrogen and oxygen atoms in total. The topological polar surface area (TPSA) is 23.8 Å². The molecule has 0 spiro atoms. The van der Waals surface area contributed by atoms with Crippen LogP contribution in [0.3, 0.4) is 0 Å². The third-order valence-electron chi connectivity index (χ3n) is 1.72. The number of benzene rings is 1. The number of nitriles is 1. The molecular formula is C9H7BrFN. The lowest BCUT2D eigenvalue weighted by molar-refractivity contribution is 0.619. The number of hydrogen-bond donors (Lipinski definition) is 0. The van der Waals surface area contributed by atoms with E-state index in [4.69, 9.17) is 5.26 Å². The van der Waals surface area contributed by atoms with Crippen LogP contribution in [0.2, 0.25) is 0 Å². The lowest BCUT2D eigenvalue weighted by atomic mass is 10.1. The Balaban J connectivity index is 3.19. The van der Waals surface area contributed by atoms with Crippen molar-refractivity contribution < 1.29 is 4.39 Å². The van der Waals surface area contributed by atoms with Gasteiger partial charge >= 0.3 is 0 Å². The minimum absolute atomic E-state index is 0.283. The van der Waals surface area contributed by atoms with Crippen molar-refractivity contribution in [2.45, 2.75) is 13.3 Å². The van der Waals surface area contributed by atoms with Gasteiger partial charge in [-0.3, -0.25) is 0 Å². The predicted octanol–water partition coefficient (Wildman–Crippen LogP) is 2.96. The van der Waals surface area contributed by atoms with Crippen molar-refractivity contribution in [2.75, 3.05) is 0 Å². The highest BCUT2D eigenvalue weighted by Crippen LogP contribution is 2.23. The van der Waals surface area contributed by atoms with E-state index in [9.17, 15) is 4.39 Å². The fourth-order valence-electron chi connectivity index (χ4n) is 0.969. The van der Waals surface area contributed by atoms with Crippen LogP contribution in [-0.2, 0) is 6.42 Å². The number of hydrogen-bond acceptors (Lipinski definition) is 1. The van der Waals surface area contributed by atoms with E-state index in [0.29, 0.717) is 10.9 Å². The normalized spacial score (nSPS) is 9.50. The maximum atomic E-state index is 12.9. The smallest absolute Gasteiger partial charge is 0.137 e. The third-order valence-corrected chi connectivity index (χ3v) is 2.69. The molecule has 62 valence electrons. The summed E-state index contributed by atoms with van der Waals surface area (Å²) in [5.41, 5.74) is 1.67. The largest absolute Gasteiger partial charge is 0.206 e. The number of nitrogens with zero attached hydrogens (tertiary/aromatic N) is 1. The molecule has 0 amide bonds. The van der Waals surface area contributed by atoms with Crippen molar-refractivity contribution in [1.29, 1.82) is 5.26 Å². The van der Waals surface area contributed by atoms with E-state index in [0.717, 1.165) is 11.1 Å². The molecule has 0 N–H and O–H groups in total. The summed E-state index contributed by atoms with van der Waals surface area (Å²) in [5, 5.41) is 8.45. The molecular weight excluding hydrogens is 221 g/mol. The Morgan fingerprint density at radius 2 is 2.25 bits per heavy atom. The molecule has 0 heterocycles. The van der Waals surface area contributed by atoms with Gasteiger partial charge in [-0.25, -0.2) is 4.39 Å². The van der Waals surface area contributed by atoms with E-state index in [1.54, 1.807) is 13.0 Å². The molecule has 0 aliphatic heterocycles. The van der Waals surface area contributed by atoms with E-state index >= 15 is 0 Å². The molecule has 1 aromatic rings. The molecule has 1 rings (SSSR count). The van der Waals surface area contributed by atoms with Gasteiger partial charge in [-0.05, 0) is 40.0 Å². The fraction of sp³-hybridized carbons (Fsp3) is 0.222. The average molecular weight is 228 g/mol. The van der Waals surface area contributed by atoms with Crippen LogP contribution in [0.5, 0.6) is 0 Å². The van der Waals surface area contributed by atoms with Gasteiger partial charge in [0.2, 0.25) is 0 Å².